The first kappa shape index (κ1) is 17.9. The van der Waals surface area contributed by atoms with E-state index in [1.807, 2.05) is 50.3 Å². The first-order chi connectivity index (χ1) is 9.65. The molecule has 0 saturated carbocycles. The van der Waals surface area contributed by atoms with Crippen LogP contribution in [0.4, 0.5) is 0 Å². The minimum atomic E-state index is -2.25. The number of hydrogen-bond acceptors (Lipinski definition) is 5. The Balaban J connectivity index is 2.67. The van der Waals surface area contributed by atoms with Gasteiger partial charge in [0.2, 0.25) is 5.69 Å². The molecular formula is C14H21O3PS2. The summed E-state index contributed by atoms with van der Waals surface area (Å²) in [5.74, 6) is 0.669. The fourth-order valence-corrected chi connectivity index (χ4v) is 5.93. The molecule has 0 aliphatic carbocycles. The van der Waals surface area contributed by atoms with Gasteiger partial charge in [0.05, 0.1) is 19.8 Å². The van der Waals surface area contributed by atoms with E-state index in [0.29, 0.717) is 19.0 Å². The Morgan fingerprint density at radius 2 is 1.85 bits per heavy atom. The number of rotatable bonds is 9. The first-order valence-electron chi connectivity index (χ1n) is 6.54. The zero-order valence-corrected chi connectivity index (χ0v) is 14.3. The third-order valence-corrected chi connectivity index (χ3v) is 7.84. The number of aliphatic hydroxyl groups is 1. The maximum Gasteiger partial charge on any atom is 0.247 e. The molecule has 0 spiro atoms. The molecule has 1 aromatic rings. The summed E-state index contributed by atoms with van der Waals surface area (Å²) in [4.78, 5) is 0. The molecule has 20 heavy (non-hydrogen) atoms. The van der Waals surface area contributed by atoms with E-state index in [2.05, 4.69) is 0 Å². The standard InChI is InChI=1S/C14H21O3PS2/c1-3-16-18(19,17-4-2)20-11-10-14(12-15)13-8-6-5-7-9-13/h5-10,15H,3-4,11-12H2,1-2H3/b14-10+. The molecule has 1 aromatic carbocycles. The highest BCUT2D eigenvalue weighted by Crippen LogP contribution is 2.60. The van der Waals surface area contributed by atoms with Crippen LogP contribution >= 0.6 is 17.1 Å². The SMILES string of the molecule is CCOP(=S)(OCC)SC/C=C(\CO)c1ccccc1. The summed E-state index contributed by atoms with van der Waals surface area (Å²) in [5.41, 5.74) is -0.333. The fraction of sp³-hybridized carbons (Fsp3) is 0.429. The summed E-state index contributed by atoms with van der Waals surface area (Å²) in [6, 6.07) is 9.83. The van der Waals surface area contributed by atoms with Crippen molar-refractivity contribution in [2.45, 2.75) is 13.8 Å². The summed E-state index contributed by atoms with van der Waals surface area (Å²) in [6.07, 6.45) is 1.99. The molecule has 0 saturated heterocycles. The van der Waals surface area contributed by atoms with Crippen molar-refractivity contribution in [2.24, 2.45) is 0 Å². The van der Waals surface area contributed by atoms with E-state index < -0.39 is 5.69 Å². The van der Waals surface area contributed by atoms with Crippen LogP contribution < -0.4 is 0 Å². The van der Waals surface area contributed by atoms with Crippen LogP contribution in [-0.4, -0.2) is 30.7 Å². The van der Waals surface area contributed by atoms with E-state index in [-0.39, 0.29) is 6.61 Å². The maximum atomic E-state index is 9.46. The topological polar surface area (TPSA) is 38.7 Å². The van der Waals surface area contributed by atoms with Crippen LogP contribution in [0.5, 0.6) is 0 Å². The summed E-state index contributed by atoms with van der Waals surface area (Å²) in [7, 11) is 0. The Labute approximate surface area is 130 Å². The highest BCUT2D eigenvalue weighted by Gasteiger charge is 2.17. The largest absolute Gasteiger partial charge is 0.392 e. The van der Waals surface area contributed by atoms with Crippen LogP contribution in [0.3, 0.4) is 0 Å². The molecule has 6 heteroatoms. The number of benzene rings is 1. The summed E-state index contributed by atoms with van der Waals surface area (Å²) >= 11 is 6.95. The molecule has 0 atom stereocenters. The quantitative estimate of drug-likeness (QED) is 0.690. The van der Waals surface area contributed by atoms with Crippen molar-refractivity contribution in [3.8, 4) is 0 Å². The van der Waals surface area contributed by atoms with Gasteiger partial charge in [-0.3, -0.25) is 0 Å². The molecule has 0 unspecified atom stereocenters. The molecule has 0 aromatic heterocycles. The van der Waals surface area contributed by atoms with E-state index in [0.717, 1.165) is 11.1 Å². The van der Waals surface area contributed by atoms with Gasteiger partial charge in [-0.2, -0.15) is 0 Å². The van der Waals surface area contributed by atoms with Gasteiger partial charge in [-0.05, 0) is 36.8 Å². The van der Waals surface area contributed by atoms with E-state index in [1.54, 1.807) is 0 Å². The second-order valence-electron chi connectivity index (χ2n) is 3.83. The lowest BCUT2D eigenvalue weighted by atomic mass is 10.1. The molecule has 3 nitrogen and oxygen atoms in total. The van der Waals surface area contributed by atoms with Gasteiger partial charge < -0.3 is 14.2 Å². The van der Waals surface area contributed by atoms with Crippen LogP contribution in [0.15, 0.2) is 36.4 Å². The normalized spacial score (nSPS) is 12.7. The minimum absolute atomic E-state index is 0.0106. The van der Waals surface area contributed by atoms with Crippen molar-refractivity contribution in [2.75, 3.05) is 25.6 Å². The Kier molecular flexibility index (Phi) is 8.69. The van der Waals surface area contributed by atoms with Crippen molar-refractivity contribution in [3.63, 3.8) is 0 Å². The van der Waals surface area contributed by atoms with Gasteiger partial charge in [-0.15, -0.1) is 0 Å². The van der Waals surface area contributed by atoms with E-state index >= 15 is 0 Å². The van der Waals surface area contributed by atoms with Crippen LogP contribution in [-0.2, 0) is 20.9 Å². The van der Waals surface area contributed by atoms with Crippen molar-refractivity contribution >= 4 is 34.5 Å². The van der Waals surface area contributed by atoms with Gasteiger partial charge >= 0.3 is 0 Å². The van der Waals surface area contributed by atoms with Gasteiger partial charge in [-0.25, -0.2) is 0 Å². The highest BCUT2D eigenvalue weighted by molar-refractivity contribution is 8.67. The molecule has 112 valence electrons. The highest BCUT2D eigenvalue weighted by atomic mass is 32.9. The minimum Gasteiger partial charge on any atom is -0.392 e. The van der Waals surface area contributed by atoms with Crippen LogP contribution in [0.25, 0.3) is 5.57 Å². The van der Waals surface area contributed by atoms with Crippen LogP contribution in [0.1, 0.15) is 19.4 Å². The lowest BCUT2D eigenvalue weighted by Gasteiger charge is -2.19. The maximum absolute atomic E-state index is 9.46. The van der Waals surface area contributed by atoms with Crippen molar-refractivity contribution in [3.05, 3.63) is 42.0 Å². The van der Waals surface area contributed by atoms with E-state index in [1.165, 1.54) is 11.4 Å². The predicted octanol–water partition coefficient (Wildman–Crippen LogP) is 4.09. The number of hydrogen-bond donors (Lipinski definition) is 1. The van der Waals surface area contributed by atoms with Crippen molar-refractivity contribution in [1.82, 2.24) is 0 Å². The third kappa shape index (κ3) is 6.08. The Bertz CT molecular complexity index is 453. The molecular weight excluding hydrogens is 311 g/mol. The van der Waals surface area contributed by atoms with Crippen LogP contribution in [0.2, 0.25) is 0 Å². The van der Waals surface area contributed by atoms with Gasteiger partial charge in [0.25, 0.3) is 0 Å². The Morgan fingerprint density at radius 3 is 2.35 bits per heavy atom. The molecule has 1 N–H and O–H groups in total. The summed E-state index contributed by atoms with van der Waals surface area (Å²) < 4.78 is 11.1. The molecule has 0 aliphatic heterocycles. The van der Waals surface area contributed by atoms with E-state index in [4.69, 9.17) is 20.9 Å². The lowest BCUT2D eigenvalue weighted by Crippen LogP contribution is -1.94. The Morgan fingerprint density at radius 1 is 1.25 bits per heavy atom. The fourth-order valence-electron chi connectivity index (χ4n) is 1.58. The zero-order chi connectivity index (χ0) is 14.8. The van der Waals surface area contributed by atoms with Crippen molar-refractivity contribution < 1.29 is 14.2 Å². The summed E-state index contributed by atoms with van der Waals surface area (Å²) in [6.45, 7) is 4.95. The monoisotopic (exact) mass is 332 g/mol. The van der Waals surface area contributed by atoms with Gasteiger partial charge in [0.1, 0.15) is 0 Å². The van der Waals surface area contributed by atoms with E-state index in [9.17, 15) is 5.11 Å². The average molecular weight is 332 g/mol. The zero-order valence-electron chi connectivity index (χ0n) is 11.8. The van der Waals surface area contributed by atoms with Gasteiger partial charge in [-0.1, -0.05) is 47.8 Å². The molecule has 0 heterocycles. The lowest BCUT2D eigenvalue weighted by molar-refractivity contribution is 0.280. The predicted molar refractivity (Wildman–Crippen MR) is 91.5 cm³/mol. The second-order valence-corrected chi connectivity index (χ2v) is 10.2. The smallest absolute Gasteiger partial charge is 0.247 e. The molecule has 0 aliphatic rings. The molecule has 0 amide bonds. The molecule has 1 rings (SSSR count). The molecule has 0 fully saturated rings. The van der Waals surface area contributed by atoms with Crippen molar-refractivity contribution in [1.29, 1.82) is 0 Å². The summed E-state index contributed by atoms with van der Waals surface area (Å²) in [5, 5.41) is 9.46. The number of aliphatic hydroxyl groups excluding tert-OH is 1. The van der Waals surface area contributed by atoms with Gasteiger partial charge in [0, 0.05) is 5.75 Å². The average Bonchev–Trinajstić information content (AvgIpc) is 2.45. The first-order valence-corrected chi connectivity index (χ1v) is 10.8. The second kappa shape index (κ2) is 9.72. The van der Waals surface area contributed by atoms with Crippen LogP contribution in [0, 0.1) is 0 Å². The van der Waals surface area contributed by atoms with Gasteiger partial charge in [0.15, 0.2) is 0 Å². The molecule has 0 radical (unpaired) electrons. The molecule has 0 bridgehead atoms. The third-order valence-electron chi connectivity index (χ3n) is 2.45. The Hall–Kier alpha value is -0.160.